The highest BCUT2D eigenvalue weighted by atomic mass is 31.2. The quantitative estimate of drug-likeness (QED) is 0.0106. The van der Waals surface area contributed by atoms with E-state index in [9.17, 15) is 10.8 Å². The van der Waals surface area contributed by atoms with Crippen molar-refractivity contribution >= 4 is 37.8 Å². The summed E-state index contributed by atoms with van der Waals surface area (Å²) in [4.78, 5) is 22.9. The molecule has 3 heterocycles. The van der Waals surface area contributed by atoms with E-state index in [4.69, 9.17) is 28.0 Å². The molecule has 3 aromatic carbocycles. The summed E-state index contributed by atoms with van der Waals surface area (Å²) in [5.74, 6) is 1.72. The largest absolute Gasteiger partial charge is 0.497 e. The van der Waals surface area contributed by atoms with Crippen LogP contribution in [0.1, 0.15) is 63.5 Å². The topological polar surface area (TPSA) is 190 Å². The molecule has 0 bridgehead atoms. The molecule has 1 aliphatic rings. The molecule has 0 N–H and O–H groups in total. The summed E-state index contributed by atoms with van der Waals surface area (Å²) in [6.45, 7) is 8.53. The van der Waals surface area contributed by atoms with E-state index in [1.807, 2.05) is 93.0 Å². The van der Waals surface area contributed by atoms with Gasteiger partial charge in [-0.15, -0.1) is 0 Å². The number of hydrogen-bond acceptors (Lipinski definition) is 13. The van der Waals surface area contributed by atoms with Crippen LogP contribution in [0.25, 0.3) is 21.6 Å². The maximum absolute atomic E-state index is 9.70. The van der Waals surface area contributed by atoms with Crippen molar-refractivity contribution in [2.75, 3.05) is 41.5 Å². The van der Waals surface area contributed by atoms with Gasteiger partial charge in [0.25, 0.3) is 8.53 Å². The van der Waals surface area contributed by atoms with Crippen LogP contribution in [0.2, 0.25) is 0 Å². The number of benzene rings is 3. The molecule has 0 amide bonds. The minimum atomic E-state index is -1.71. The number of imidazole rings is 1. The van der Waals surface area contributed by atoms with E-state index in [-0.39, 0.29) is 44.1 Å². The Kier molecular flexibility index (Phi) is 15.2. The minimum absolute atomic E-state index is 0.0235. The highest BCUT2D eigenvalue weighted by molar-refractivity contribution is 7.44. The first kappa shape index (κ1) is 44.9. The highest BCUT2D eigenvalue weighted by Gasteiger charge is 2.45. The van der Waals surface area contributed by atoms with E-state index < -0.39 is 32.6 Å². The molecule has 4 unspecified atom stereocenters. The second kappa shape index (κ2) is 20.7. The number of ether oxygens (including phenoxy) is 4. The molecule has 1 saturated heterocycles. The second-order valence-electron chi connectivity index (χ2n) is 14.9. The molecule has 0 spiro atoms. The van der Waals surface area contributed by atoms with Crippen LogP contribution in [0.15, 0.2) is 95.3 Å². The second-order valence-corrected chi connectivity index (χ2v) is 16.3. The van der Waals surface area contributed by atoms with Crippen LogP contribution >= 0.6 is 8.53 Å². The molecule has 2 aromatic heterocycles. The van der Waals surface area contributed by atoms with Crippen molar-refractivity contribution in [2.24, 2.45) is 10.1 Å². The van der Waals surface area contributed by atoms with E-state index in [0.29, 0.717) is 28.5 Å². The molecule has 1 fully saturated rings. The van der Waals surface area contributed by atoms with Crippen LogP contribution in [-0.4, -0.2) is 101 Å². The van der Waals surface area contributed by atoms with Crippen LogP contribution in [0.3, 0.4) is 0 Å². The molecule has 1 aliphatic heterocycles. The number of azide groups is 1. The monoisotopic (exact) mass is 849 g/mol. The van der Waals surface area contributed by atoms with Crippen molar-refractivity contribution < 1.29 is 28.0 Å². The Bertz CT molecular complexity index is 2260. The summed E-state index contributed by atoms with van der Waals surface area (Å²) >= 11 is 0. The molecular weight excluding hydrogens is 798 g/mol. The molecule has 18 heteroatoms. The van der Waals surface area contributed by atoms with E-state index in [1.54, 1.807) is 30.0 Å². The maximum Gasteiger partial charge on any atom is 0.259 e. The minimum Gasteiger partial charge on any atom is -0.497 e. The fraction of sp³-hybridized carbons (Fsp3) is 0.419. The van der Waals surface area contributed by atoms with Gasteiger partial charge in [-0.25, -0.2) is 24.6 Å². The van der Waals surface area contributed by atoms with Gasteiger partial charge in [0.1, 0.15) is 35.8 Å². The predicted molar refractivity (Wildman–Crippen MR) is 233 cm³/mol. The van der Waals surface area contributed by atoms with Gasteiger partial charge in [0.2, 0.25) is 5.95 Å². The lowest BCUT2D eigenvalue weighted by molar-refractivity contribution is -0.0909. The first-order valence-electron chi connectivity index (χ1n) is 19.9. The van der Waals surface area contributed by atoms with Gasteiger partial charge in [0.15, 0.2) is 17.0 Å². The Morgan fingerprint density at radius 3 is 2.15 bits per heavy atom. The Morgan fingerprint density at radius 2 is 1.59 bits per heavy atom. The summed E-state index contributed by atoms with van der Waals surface area (Å²) in [5, 5.41) is 13.4. The Balaban J connectivity index is 1.49. The first-order chi connectivity index (χ1) is 29.5. The summed E-state index contributed by atoms with van der Waals surface area (Å²) in [6, 6.07) is 27.9. The van der Waals surface area contributed by atoms with Crippen LogP contribution in [0, 0.1) is 11.3 Å². The Morgan fingerprint density at radius 1 is 0.967 bits per heavy atom. The standard InChI is InChI=1S/C43H52N11O6P/c1-29(2)54(30(3)4)61(58-24-12-23-44)60-36-25-38(53-41-39(49-42(53)50-51-45)40(46-27-47-41)48-28-52(5)6)59-37(36)26-57-43(31-13-10-9-11-14-31,32-15-19-34(55-7)20-16-32)33-17-21-35(56-8)22-18-33/h9-11,13-22,27-30,36-38H,12,24-26H2,1-8H3/b48-28-. The van der Waals surface area contributed by atoms with E-state index >= 15 is 0 Å². The summed E-state index contributed by atoms with van der Waals surface area (Å²) in [5.41, 5.74) is 11.8. The summed E-state index contributed by atoms with van der Waals surface area (Å²) < 4.78 is 42.7. The Hall–Kier alpha value is -5.69. The maximum atomic E-state index is 9.70. The molecule has 17 nitrogen and oxygen atoms in total. The zero-order chi connectivity index (χ0) is 43.5. The van der Waals surface area contributed by atoms with Gasteiger partial charge in [-0.05, 0) is 79.3 Å². The molecule has 0 saturated carbocycles. The zero-order valence-corrected chi connectivity index (χ0v) is 36.6. The van der Waals surface area contributed by atoms with Crippen molar-refractivity contribution in [1.82, 2.24) is 29.1 Å². The highest BCUT2D eigenvalue weighted by Crippen LogP contribution is 2.51. The Labute approximate surface area is 357 Å². The molecule has 61 heavy (non-hydrogen) atoms. The third kappa shape index (κ3) is 10.1. The van der Waals surface area contributed by atoms with Gasteiger partial charge >= 0.3 is 0 Å². The van der Waals surface area contributed by atoms with Crippen LogP contribution in [0.4, 0.5) is 11.8 Å². The van der Waals surface area contributed by atoms with E-state index in [0.717, 1.165) is 16.7 Å². The third-order valence-electron chi connectivity index (χ3n) is 9.98. The lowest BCUT2D eigenvalue weighted by Gasteiger charge is -2.39. The van der Waals surface area contributed by atoms with Crippen LogP contribution < -0.4 is 9.47 Å². The molecule has 6 rings (SSSR count). The summed E-state index contributed by atoms with van der Waals surface area (Å²) in [6.07, 6.45) is 1.30. The van der Waals surface area contributed by atoms with Gasteiger partial charge in [0, 0.05) is 37.5 Å². The molecular formula is C43H52N11O6P. The van der Waals surface area contributed by atoms with Crippen molar-refractivity contribution in [3.8, 4) is 17.6 Å². The van der Waals surface area contributed by atoms with E-state index in [2.05, 4.69) is 68.4 Å². The molecule has 0 aliphatic carbocycles. The molecule has 5 aromatic rings. The number of rotatable bonds is 20. The van der Waals surface area contributed by atoms with Gasteiger partial charge in [-0.2, -0.15) is 5.26 Å². The number of aliphatic imine (C=N–C) groups is 1. The van der Waals surface area contributed by atoms with Crippen molar-refractivity contribution in [2.45, 2.75) is 76.7 Å². The third-order valence-corrected chi connectivity index (χ3v) is 12.1. The fourth-order valence-corrected chi connectivity index (χ4v) is 9.09. The predicted octanol–water partition coefficient (Wildman–Crippen LogP) is 8.96. The van der Waals surface area contributed by atoms with Gasteiger partial charge < -0.3 is 32.9 Å². The molecule has 0 radical (unpaired) electrons. The van der Waals surface area contributed by atoms with Gasteiger partial charge in [0.05, 0.1) is 52.4 Å². The van der Waals surface area contributed by atoms with Gasteiger partial charge in [-0.1, -0.05) is 54.6 Å². The van der Waals surface area contributed by atoms with Crippen LogP contribution in [0.5, 0.6) is 11.5 Å². The van der Waals surface area contributed by atoms with Gasteiger partial charge in [-0.3, -0.25) is 4.57 Å². The van der Waals surface area contributed by atoms with Crippen molar-refractivity contribution in [3.05, 3.63) is 112 Å². The number of nitriles is 1. The SMILES string of the molecule is COc1ccc(C(OCC2OC(n3c(N=[N+]=[N-])nc4c(/N=C\N(C)C)ncnc43)CC2OP(OCCC#N)N(C(C)C)C(C)C)(c2ccccc2)c2ccc(OC)cc2)cc1. The number of aromatic nitrogens is 4. The van der Waals surface area contributed by atoms with E-state index in [1.165, 1.54) is 6.33 Å². The van der Waals surface area contributed by atoms with Crippen molar-refractivity contribution in [1.29, 1.82) is 5.26 Å². The summed E-state index contributed by atoms with van der Waals surface area (Å²) in [7, 11) is 5.23. The molecule has 320 valence electrons. The lowest BCUT2D eigenvalue weighted by atomic mass is 9.80. The lowest BCUT2D eigenvalue weighted by Crippen LogP contribution is -2.39. The number of methoxy groups -OCH3 is 2. The van der Waals surface area contributed by atoms with Crippen LogP contribution in [-0.2, 0) is 24.1 Å². The zero-order valence-electron chi connectivity index (χ0n) is 35.7. The number of fused-ring (bicyclic) bond motifs is 1. The average Bonchev–Trinajstić information content (AvgIpc) is 3.84. The molecule has 4 atom stereocenters. The van der Waals surface area contributed by atoms with Crippen molar-refractivity contribution in [3.63, 3.8) is 0 Å². The average molecular weight is 850 g/mol. The number of nitrogens with zero attached hydrogens (tertiary/aromatic N) is 11. The number of hydrogen-bond donors (Lipinski definition) is 0. The normalized spacial score (nSPS) is 17.2. The smallest absolute Gasteiger partial charge is 0.259 e. The first-order valence-corrected chi connectivity index (χ1v) is 21.0. The fourth-order valence-electron chi connectivity index (χ4n) is 7.34.